The number of carbonyl (C=O) groups is 1. The summed E-state index contributed by atoms with van der Waals surface area (Å²) in [5, 5.41) is 23.6. The van der Waals surface area contributed by atoms with Crippen LogP contribution in [0, 0.1) is 34.0 Å². The molecule has 4 rings (SSSR count). The summed E-state index contributed by atoms with van der Waals surface area (Å²) in [5.41, 5.74) is 4.93. The van der Waals surface area contributed by atoms with Gasteiger partial charge in [-0.05, 0) is 73.5 Å². The Morgan fingerprint density at radius 2 is 2.03 bits per heavy atom. The number of thioether (sulfide) groups is 1. The van der Waals surface area contributed by atoms with Gasteiger partial charge in [-0.3, -0.25) is 4.79 Å². The van der Waals surface area contributed by atoms with E-state index in [-0.39, 0.29) is 11.3 Å². The van der Waals surface area contributed by atoms with Gasteiger partial charge in [0.05, 0.1) is 11.1 Å². The number of aromatic nitrogens is 1. The average Bonchev–Trinajstić information content (AvgIpc) is 3.14. The fourth-order valence-electron chi connectivity index (χ4n) is 4.78. The molecule has 0 aromatic carbocycles. The maximum Gasteiger partial charge on any atom is 0.225 e. The summed E-state index contributed by atoms with van der Waals surface area (Å²) in [6, 6.07) is 6.61. The number of pyridine rings is 1. The maximum absolute atomic E-state index is 12.6. The molecule has 172 valence electrons. The first kappa shape index (κ1) is 23.8. The van der Waals surface area contributed by atoms with Crippen molar-refractivity contribution in [2.45, 2.75) is 77.2 Å². The first-order valence-electron chi connectivity index (χ1n) is 11.7. The number of carbonyl (C=O) groups excluding carboxylic acids is 1. The summed E-state index contributed by atoms with van der Waals surface area (Å²) in [7, 11) is 0. The summed E-state index contributed by atoms with van der Waals surface area (Å²) < 4.78 is 0. The number of thiophene rings is 1. The number of anilines is 1. The Labute approximate surface area is 204 Å². The normalized spacial score (nSPS) is 17.4. The molecule has 2 aromatic heterocycles. The maximum atomic E-state index is 12.6. The van der Waals surface area contributed by atoms with Crippen LogP contribution in [-0.2, 0) is 30.5 Å². The number of nitriles is 2. The van der Waals surface area contributed by atoms with Crippen molar-refractivity contribution in [2.24, 2.45) is 11.3 Å². The van der Waals surface area contributed by atoms with Gasteiger partial charge in [0, 0.05) is 22.7 Å². The third-order valence-corrected chi connectivity index (χ3v) is 9.00. The second kappa shape index (κ2) is 9.87. The van der Waals surface area contributed by atoms with Crippen molar-refractivity contribution in [1.29, 1.82) is 10.5 Å². The van der Waals surface area contributed by atoms with Crippen molar-refractivity contribution < 1.29 is 4.79 Å². The molecule has 33 heavy (non-hydrogen) atoms. The molecular formula is C26H30N4OS2. The Hall–Kier alpha value is -2.35. The summed E-state index contributed by atoms with van der Waals surface area (Å²) in [4.78, 5) is 18.7. The monoisotopic (exact) mass is 478 g/mol. The molecule has 0 fully saturated rings. The van der Waals surface area contributed by atoms with E-state index in [4.69, 9.17) is 4.98 Å². The minimum absolute atomic E-state index is 0.0953. The molecule has 1 atom stereocenters. The molecule has 1 unspecified atom stereocenters. The predicted molar refractivity (Wildman–Crippen MR) is 134 cm³/mol. The van der Waals surface area contributed by atoms with E-state index in [1.807, 2.05) is 6.07 Å². The Morgan fingerprint density at radius 3 is 2.76 bits per heavy atom. The second-order valence-electron chi connectivity index (χ2n) is 10.0. The molecule has 0 aliphatic heterocycles. The van der Waals surface area contributed by atoms with Crippen LogP contribution in [0.1, 0.15) is 79.3 Å². The highest BCUT2D eigenvalue weighted by atomic mass is 32.2. The van der Waals surface area contributed by atoms with Crippen molar-refractivity contribution in [3.05, 3.63) is 38.9 Å². The van der Waals surface area contributed by atoms with E-state index >= 15 is 0 Å². The second-order valence-corrected chi connectivity index (χ2v) is 12.2. The van der Waals surface area contributed by atoms with E-state index in [2.05, 4.69) is 38.2 Å². The molecule has 2 heterocycles. The van der Waals surface area contributed by atoms with Crippen LogP contribution in [-0.4, -0.2) is 16.6 Å². The zero-order valence-corrected chi connectivity index (χ0v) is 21.2. The van der Waals surface area contributed by atoms with E-state index in [0.29, 0.717) is 34.2 Å². The highest BCUT2D eigenvalue weighted by molar-refractivity contribution is 7.99. The quantitative estimate of drug-likeness (QED) is 0.529. The van der Waals surface area contributed by atoms with Gasteiger partial charge in [-0.2, -0.15) is 10.5 Å². The molecule has 0 bridgehead atoms. The van der Waals surface area contributed by atoms with Crippen molar-refractivity contribution >= 4 is 34.0 Å². The van der Waals surface area contributed by atoms with Gasteiger partial charge in [-0.25, -0.2) is 4.98 Å². The number of nitrogens with zero attached hydrogens (tertiary/aromatic N) is 3. The molecule has 1 amide bonds. The molecule has 7 heteroatoms. The molecule has 0 saturated heterocycles. The fourth-order valence-corrected chi connectivity index (χ4v) is 6.95. The molecule has 0 radical (unpaired) electrons. The van der Waals surface area contributed by atoms with Gasteiger partial charge < -0.3 is 5.32 Å². The highest BCUT2D eigenvalue weighted by Gasteiger charge is 2.30. The van der Waals surface area contributed by atoms with Crippen LogP contribution >= 0.6 is 23.1 Å². The van der Waals surface area contributed by atoms with Crippen LogP contribution in [0.25, 0.3) is 0 Å². The topological polar surface area (TPSA) is 89.6 Å². The van der Waals surface area contributed by atoms with Crippen LogP contribution in [0.3, 0.4) is 0 Å². The average molecular weight is 479 g/mol. The number of fused-ring (bicyclic) bond motifs is 2. The Morgan fingerprint density at radius 1 is 1.24 bits per heavy atom. The van der Waals surface area contributed by atoms with Gasteiger partial charge in [0.1, 0.15) is 22.2 Å². The van der Waals surface area contributed by atoms with Gasteiger partial charge in [0.15, 0.2) is 0 Å². The van der Waals surface area contributed by atoms with Crippen LogP contribution in [0.4, 0.5) is 5.00 Å². The van der Waals surface area contributed by atoms with Gasteiger partial charge in [-0.1, -0.05) is 20.8 Å². The number of amides is 1. The van der Waals surface area contributed by atoms with Crippen LogP contribution < -0.4 is 5.32 Å². The molecule has 2 aromatic rings. The minimum atomic E-state index is -0.0953. The molecular weight excluding hydrogens is 448 g/mol. The lowest BCUT2D eigenvalue weighted by atomic mass is 9.71. The van der Waals surface area contributed by atoms with Crippen molar-refractivity contribution in [3.63, 3.8) is 0 Å². The van der Waals surface area contributed by atoms with E-state index < -0.39 is 0 Å². The number of hydrogen-bond donors (Lipinski definition) is 1. The minimum Gasteiger partial charge on any atom is -0.317 e. The van der Waals surface area contributed by atoms with Gasteiger partial charge >= 0.3 is 0 Å². The van der Waals surface area contributed by atoms with E-state index in [0.717, 1.165) is 61.2 Å². The van der Waals surface area contributed by atoms with Crippen molar-refractivity contribution in [2.75, 3.05) is 11.1 Å². The lowest BCUT2D eigenvalue weighted by Crippen LogP contribution is -2.27. The van der Waals surface area contributed by atoms with Crippen LogP contribution in [0.5, 0.6) is 0 Å². The lowest BCUT2D eigenvalue weighted by Gasteiger charge is -2.34. The molecule has 5 nitrogen and oxygen atoms in total. The first-order valence-corrected chi connectivity index (χ1v) is 13.5. The molecule has 2 aliphatic carbocycles. The number of aryl methyl sites for hydroxylation is 2. The zero-order chi connectivity index (χ0) is 23.6. The number of hydrogen-bond acceptors (Lipinski definition) is 6. The summed E-state index contributed by atoms with van der Waals surface area (Å²) >= 11 is 3.02. The molecule has 0 spiro atoms. The number of rotatable bonds is 5. The first-order chi connectivity index (χ1) is 15.8. The molecule has 0 saturated carbocycles. The molecule has 2 aliphatic rings. The highest BCUT2D eigenvalue weighted by Crippen LogP contribution is 2.39. The zero-order valence-electron chi connectivity index (χ0n) is 19.6. The number of nitrogens with one attached hydrogen (secondary N) is 1. The van der Waals surface area contributed by atoms with Gasteiger partial charge in [0.25, 0.3) is 0 Å². The SMILES string of the molecule is CC(C)(C)C1CCc2nc(SCCC(=O)Nc3sc4c(c3C#N)CCCC4)c(C#N)cc2C1. The van der Waals surface area contributed by atoms with E-state index in [1.54, 1.807) is 11.3 Å². The third kappa shape index (κ3) is 5.26. The predicted octanol–water partition coefficient (Wildman–Crippen LogP) is 6.04. The lowest BCUT2D eigenvalue weighted by molar-refractivity contribution is -0.115. The third-order valence-electron chi connectivity index (χ3n) is 6.80. The standard InChI is InChI=1S/C26H30N4OS2/c1-26(2,3)18-8-9-21-16(13-18)12-17(14-27)24(29-21)32-11-10-23(31)30-25-20(15-28)19-6-4-5-7-22(19)33-25/h12,18H,4-11,13H2,1-3H3,(H,30,31). The Balaban J connectivity index is 1.38. The summed E-state index contributed by atoms with van der Waals surface area (Å²) in [5.74, 6) is 1.05. The van der Waals surface area contributed by atoms with Gasteiger partial charge in [0.2, 0.25) is 5.91 Å². The summed E-state index contributed by atoms with van der Waals surface area (Å²) in [6.07, 6.45) is 7.52. The van der Waals surface area contributed by atoms with E-state index in [1.165, 1.54) is 22.2 Å². The van der Waals surface area contributed by atoms with E-state index in [9.17, 15) is 15.3 Å². The molecule has 1 N–H and O–H groups in total. The van der Waals surface area contributed by atoms with Crippen LogP contribution in [0.15, 0.2) is 11.1 Å². The smallest absolute Gasteiger partial charge is 0.225 e. The largest absolute Gasteiger partial charge is 0.317 e. The van der Waals surface area contributed by atoms with Crippen molar-refractivity contribution in [3.8, 4) is 12.1 Å². The Bertz CT molecular complexity index is 1150. The van der Waals surface area contributed by atoms with Gasteiger partial charge in [-0.15, -0.1) is 23.1 Å². The fraction of sp³-hybridized carbons (Fsp3) is 0.538. The Kier molecular flexibility index (Phi) is 7.12. The van der Waals surface area contributed by atoms with Crippen molar-refractivity contribution in [1.82, 2.24) is 4.98 Å². The summed E-state index contributed by atoms with van der Waals surface area (Å²) in [6.45, 7) is 6.84. The van der Waals surface area contributed by atoms with Crippen LogP contribution in [0.2, 0.25) is 0 Å².